The van der Waals surface area contributed by atoms with E-state index in [2.05, 4.69) is 13.8 Å². The molecule has 2 rings (SSSR count). The molecular weight excluding hydrogens is 292 g/mol. The molecule has 0 aromatic carbocycles. The van der Waals surface area contributed by atoms with Crippen molar-refractivity contribution in [1.82, 2.24) is 14.1 Å². The molecule has 2 aliphatic heterocycles. The Morgan fingerprint density at radius 2 is 1.62 bits per heavy atom. The maximum atomic E-state index is 12.5. The highest BCUT2D eigenvalue weighted by Gasteiger charge is 2.31. The van der Waals surface area contributed by atoms with E-state index in [9.17, 15) is 13.2 Å². The number of nitrogens with two attached hydrogens (primary N) is 1. The Hall–Kier alpha value is -0.700. The van der Waals surface area contributed by atoms with Crippen LogP contribution in [0.1, 0.15) is 33.1 Å². The van der Waals surface area contributed by atoms with Crippen molar-refractivity contribution in [2.75, 3.05) is 32.7 Å². The minimum atomic E-state index is -3.60. The average molecular weight is 318 g/mol. The molecule has 0 aromatic heterocycles. The molecule has 7 nitrogen and oxygen atoms in total. The van der Waals surface area contributed by atoms with Gasteiger partial charge in [-0.2, -0.15) is 12.7 Å². The number of carbonyl (C=O) groups is 1. The molecule has 0 aromatic rings. The van der Waals surface area contributed by atoms with Crippen molar-refractivity contribution in [1.29, 1.82) is 0 Å². The van der Waals surface area contributed by atoms with Gasteiger partial charge in [0.1, 0.15) is 0 Å². The molecule has 2 fully saturated rings. The molecule has 2 aliphatic rings. The summed E-state index contributed by atoms with van der Waals surface area (Å²) >= 11 is 0. The number of hydrogen-bond donors (Lipinski definition) is 1. The lowest BCUT2D eigenvalue weighted by Crippen LogP contribution is -2.55. The maximum Gasteiger partial charge on any atom is 0.276 e. The lowest BCUT2D eigenvalue weighted by molar-refractivity contribution is -0.138. The van der Waals surface area contributed by atoms with Crippen LogP contribution in [0.2, 0.25) is 0 Å². The Bertz CT molecular complexity index is 464. The van der Waals surface area contributed by atoms with Gasteiger partial charge >= 0.3 is 0 Å². The average Bonchev–Trinajstić information content (AvgIpc) is 2.38. The van der Waals surface area contributed by atoms with Gasteiger partial charge in [-0.05, 0) is 33.1 Å². The number of amides is 1. The number of piperidine rings is 1. The zero-order chi connectivity index (χ0) is 15.6. The van der Waals surface area contributed by atoms with Crippen LogP contribution in [0.25, 0.3) is 0 Å². The summed E-state index contributed by atoms with van der Waals surface area (Å²) in [5, 5.41) is 5.11. The molecule has 1 amide bonds. The first-order chi connectivity index (χ1) is 9.79. The molecular formula is C13H26N4O3S. The third-order valence-electron chi connectivity index (χ3n) is 4.53. The fourth-order valence-electron chi connectivity index (χ4n) is 3.33. The summed E-state index contributed by atoms with van der Waals surface area (Å²) in [4.78, 5) is 16.5. The minimum Gasteiger partial charge on any atom is -0.336 e. The summed E-state index contributed by atoms with van der Waals surface area (Å²) in [6.45, 7) is 6.40. The smallest absolute Gasteiger partial charge is 0.276 e. The third-order valence-corrected chi connectivity index (χ3v) is 5.62. The Kier molecular flexibility index (Phi) is 5.24. The number of piperazine rings is 1. The predicted molar refractivity (Wildman–Crippen MR) is 80.7 cm³/mol. The largest absolute Gasteiger partial charge is 0.336 e. The van der Waals surface area contributed by atoms with Crippen molar-refractivity contribution in [2.24, 2.45) is 5.14 Å². The zero-order valence-electron chi connectivity index (χ0n) is 12.9. The summed E-state index contributed by atoms with van der Waals surface area (Å²) in [5.74, 6) is 0.152. The normalized spacial score (nSPS) is 29.6. The molecule has 2 unspecified atom stereocenters. The molecule has 21 heavy (non-hydrogen) atoms. The summed E-state index contributed by atoms with van der Waals surface area (Å²) in [6.07, 6.45) is 3.31. The van der Waals surface area contributed by atoms with E-state index in [0.717, 1.165) is 12.8 Å². The van der Waals surface area contributed by atoms with Crippen molar-refractivity contribution in [3.63, 3.8) is 0 Å². The number of carbonyl (C=O) groups excluding carboxylic acids is 1. The first kappa shape index (κ1) is 16.7. The molecule has 122 valence electrons. The van der Waals surface area contributed by atoms with Gasteiger partial charge in [-0.15, -0.1) is 0 Å². The van der Waals surface area contributed by atoms with Crippen LogP contribution in [0.5, 0.6) is 0 Å². The van der Waals surface area contributed by atoms with Crippen LogP contribution in [0.4, 0.5) is 0 Å². The fourth-order valence-corrected chi connectivity index (χ4v) is 4.00. The highest BCUT2D eigenvalue weighted by Crippen LogP contribution is 2.22. The SMILES string of the molecule is CC1CCCC(C)N1C(=O)CN1CCN(S(N)(=O)=O)CC1. The van der Waals surface area contributed by atoms with Gasteiger partial charge in [0, 0.05) is 38.3 Å². The van der Waals surface area contributed by atoms with Crippen molar-refractivity contribution < 1.29 is 13.2 Å². The molecule has 0 radical (unpaired) electrons. The van der Waals surface area contributed by atoms with Crippen LogP contribution in [-0.4, -0.2) is 73.2 Å². The summed E-state index contributed by atoms with van der Waals surface area (Å²) in [7, 11) is -3.60. The first-order valence-corrected chi connectivity index (χ1v) is 9.10. The summed E-state index contributed by atoms with van der Waals surface area (Å²) < 4.78 is 23.8. The van der Waals surface area contributed by atoms with Crippen molar-refractivity contribution in [3.8, 4) is 0 Å². The van der Waals surface area contributed by atoms with Crippen LogP contribution in [-0.2, 0) is 15.0 Å². The molecule has 2 heterocycles. The number of rotatable bonds is 3. The van der Waals surface area contributed by atoms with Gasteiger partial charge in [-0.25, -0.2) is 5.14 Å². The van der Waals surface area contributed by atoms with E-state index in [1.54, 1.807) is 0 Å². The number of nitrogens with zero attached hydrogens (tertiary/aromatic N) is 3. The number of hydrogen-bond acceptors (Lipinski definition) is 4. The zero-order valence-corrected chi connectivity index (χ0v) is 13.7. The highest BCUT2D eigenvalue weighted by molar-refractivity contribution is 7.86. The van der Waals surface area contributed by atoms with Gasteiger partial charge < -0.3 is 4.90 Å². The molecule has 0 spiro atoms. The van der Waals surface area contributed by atoms with E-state index in [4.69, 9.17) is 5.14 Å². The number of likely N-dealkylation sites (tertiary alicyclic amines) is 1. The van der Waals surface area contributed by atoms with Gasteiger partial charge in [-0.3, -0.25) is 9.69 Å². The standard InChI is InChI=1S/C13H26N4O3S/c1-11-4-3-5-12(2)17(11)13(18)10-15-6-8-16(9-7-15)21(14,19)20/h11-12H,3-10H2,1-2H3,(H2,14,19,20). The van der Waals surface area contributed by atoms with E-state index in [-0.39, 0.29) is 5.91 Å². The second-order valence-corrected chi connectivity index (χ2v) is 7.70. The molecule has 2 N–H and O–H groups in total. The molecule has 2 atom stereocenters. The van der Waals surface area contributed by atoms with E-state index in [1.165, 1.54) is 10.7 Å². The van der Waals surface area contributed by atoms with Gasteiger partial charge in [0.15, 0.2) is 0 Å². The van der Waals surface area contributed by atoms with Crippen molar-refractivity contribution in [3.05, 3.63) is 0 Å². The van der Waals surface area contributed by atoms with Crippen molar-refractivity contribution in [2.45, 2.75) is 45.2 Å². The van der Waals surface area contributed by atoms with Gasteiger partial charge in [0.05, 0.1) is 6.54 Å². The third kappa shape index (κ3) is 4.15. The maximum absolute atomic E-state index is 12.5. The van der Waals surface area contributed by atoms with Crippen LogP contribution in [0, 0.1) is 0 Å². The first-order valence-electron chi connectivity index (χ1n) is 7.60. The monoisotopic (exact) mass is 318 g/mol. The van der Waals surface area contributed by atoms with Gasteiger partial charge in [-0.1, -0.05) is 0 Å². The Morgan fingerprint density at radius 1 is 1.10 bits per heavy atom. The molecule has 0 bridgehead atoms. The van der Waals surface area contributed by atoms with Crippen molar-refractivity contribution >= 4 is 16.1 Å². The molecule has 0 saturated carbocycles. The van der Waals surface area contributed by atoms with E-state index < -0.39 is 10.2 Å². The van der Waals surface area contributed by atoms with Gasteiger partial charge in [0.25, 0.3) is 10.2 Å². The Morgan fingerprint density at radius 3 is 2.10 bits per heavy atom. The van der Waals surface area contributed by atoms with Crippen LogP contribution < -0.4 is 5.14 Å². The van der Waals surface area contributed by atoms with Crippen LogP contribution in [0.3, 0.4) is 0 Å². The highest BCUT2D eigenvalue weighted by atomic mass is 32.2. The molecule has 8 heteroatoms. The van der Waals surface area contributed by atoms with Crippen LogP contribution >= 0.6 is 0 Å². The van der Waals surface area contributed by atoms with Gasteiger partial charge in [0.2, 0.25) is 5.91 Å². The van der Waals surface area contributed by atoms with E-state index in [1.807, 2.05) is 9.80 Å². The quantitative estimate of drug-likeness (QED) is 0.767. The minimum absolute atomic E-state index is 0.152. The Balaban J connectivity index is 1.87. The van der Waals surface area contributed by atoms with E-state index in [0.29, 0.717) is 44.8 Å². The summed E-state index contributed by atoms with van der Waals surface area (Å²) in [6, 6.07) is 0.596. The second kappa shape index (κ2) is 6.60. The lowest BCUT2D eigenvalue weighted by atomic mass is 9.97. The lowest BCUT2D eigenvalue weighted by Gasteiger charge is -2.41. The summed E-state index contributed by atoms with van der Waals surface area (Å²) in [5.41, 5.74) is 0. The molecule has 2 saturated heterocycles. The molecule has 0 aliphatic carbocycles. The fraction of sp³-hybridized carbons (Fsp3) is 0.923. The van der Waals surface area contributed by atoms with Crippen LogP contribution in [0.15, 0.2) is 0 Å². The second-order valence-electron chi connectivity index (χ2n) is 6.15. The Labute approximate surface area is 127 Å². The topological polar surface area (TPSA) is 86.9 Å². The predicted octanol–water partition coefficient (Wildman–Crippen LogP) is -0.403. The van der Waals surface area contributed by atoms with E-state index >= 15 is 0 Å².